The highest BCUT2D eigenvalue weighted by atomic mass is 32.2. The zero-order valence-corrected chi connectivity index (χ0v) is 22.7. The number of esters is 5. The number of carbonyl (C=O) groups excluding carboxylic acids is 6. The van der Waals surface area contributed by atoms with Crippen LogP contribution in [-0.2, 0) is 47.7 Å². The van der Waals surface area contributed by atoms with Gasteiger partial charge in [0.05, 0.1) is 0 Å². The van der Waals surface area contributed by atoms with Gasteiger partial charge in [0.1, 0.15) is 11.9 Å². The maximum absolute atomic E-state index is 12.2. The minimum absolute atomic E-state index is 0.172. The number of nitro groups is 1. The molecule has 0 heterocycles. The molecule has 0 amide bonds. The molecule has 1 rings (SSSR count). The second kappa shape index (κ2) is 16.1. The number of thioether (sulfide) groups is 1. The summed E-state index contributed by atoms with van der Waals surface area (Å²) >= 11 is 0.779. The number of nitrogens with zero attached hydrogens (tertiary/aromatic N) is 1. The molecule has 0 fully saturated rings. The minimum Gasteiger partial charge on any atom is -0.462 e. The quantitative estimate of drug-likeness (QED) is 0.0734. The van der Waals surface area contributed by atoms with Crippen LogP contribution in [0.4, 0.5) is 0 Å². The molecule has 0 bridgehead atoms. The molecule has 0 radical (unpaired) electrons. The first-order valence-electron chi connectivity index (χ1n) is 11.4. The molecule has 0 spiro atoms. The Bertz CT molecular complexity index is 1080. The van der Waals surface area contributed by atoms with Gasteiger partial charge in [-0.05, 0) is 6.07 Å². The van der Waals surface area contributed by atoms with Crippen molar-refractivity contribution in [2.24, 2.45) is 0 Å². The van der Waals surface area contributed by atoms with E-state index in [1.54, 1.807) is 12.1 Å². The lowest BCUT2D eigenvalue weighted by Gasteiger charge is -2.37. The third-order valence-electron chi connectivity index (χ3n) is 4.71. The second-order valence-corrected chi connectivity index (χ2v) is 9.28. The zero-order valence-electron chi connectivity index (χ0n) is 21.9. The van der Waals surface area contributed by atoms with E-state index in [9.17, 15) is 38.9 Å². The first kappa shape index (κ1) is 33.0. The number of rotatable bonds is 15. The van der Waals surface area contributed by atoms with E-state index < -0.39 is 77.6 Å². The Labute approximate surface area is 227 Å². The Kier molecular flexibility index (Phi) is 13.6. The number of benzene rings is 1. The van der Waals surface area contributed by atoms with E-state index in [4.69, 9.17) is 23.7 Å². The summed E-state index contributed by atoms with van der Waals surface area (Å²) in [6.45, 7) is 3.49. The molecule has 0 aliphatic rings. The van der Waals surface area contributed by atoms with E-state index in [2.05, 4.69) is 0 Å². The van der Waals surface area contributed by atoms with Crippen LogP contribution >= 0.6 is 11.8 Å². The number of carbonyl (C=O) groups is 6. The van der Waals surface area contributed by atoms with Gasteiger partial charge in [-0.1, -0.05) is 18.2 Å². The summed E-state index contributed by atoms with van der Waals surface area (Å²) in [4.78, 5) is 82.5. The summed E-state index contributed by atoms with van der Waals surface area (Å²) in [6, 6.07) is 6.09. The number of ether oxygens (including phenoxy) is 5. The first-order chi connectivity index (χ1) is 18.2. The molecule has 14 nitrogen and oxygen atoms in total. The summed E-state index contributed by atoms with van der Waals surface area (Å²) in [7, 11) is 0. The summed E-state index contributed by atoms with van der Waals surface area (Å²) in [5.41, 5.74) is 0.172. The third kappa shape index (κ3) is 11.9. The Balaban J connectivity index is 3.79. The first-order valence-corrected chi connectivity index (χ1v) is 12.3. The predicted octanol–water partition coefficient (Wildman–Crippen LogP) is 1.53. The molecule has 0 unspecified atom stereocenters. The van der Waals surface area contributed by atoms with Gasteiger partial charge >= 0.3 is 29.8 Å². The lowest BCUT2D eigenvalue weighted by Crippen LogP contribution is -2.56. The molecular weight excluding hydrogens is 542 g/mol. The lowest BCUT2D eigenvalue weighted by atomic mass is 9.99. The highest BCUT2D eigenvalue weighted by Gasteiger charge is 2.48. The van der Waals surface area contributed by atoms with Crippen molar-refractivity contribution in [1.82, 2.24) is 0 Å². The van der Waals surface area contributed by atoms with Crippen molar-refractivity contribution in [1.29, 1.82) is 0 Å². The van der Waals surface area contributed by atoms with E-state index in [1.807, 2.05) is 0 Å². The van der Waals surface area contributed by atoms with Gasteiger partial charge in [0.15, 0.2) is 30.7 Å². The maximum atomic E-state index is 12.2. The molecule has 0 aromatic heterocycles. The summed E-state index contributed by atoms with van der Waals surface area (Å²) in [5, 5.41) is 10.3. The van der Waals surface area contributed by atoms with E-state index in [0.717, 1.165) is 46.4 Å². The molecule has 0 saturated heterocycles. The smallest absolute Gasteiger partial charge is 0.303 e. The number of aldehydes is 1. The molecule has 15 heteroatoms. The summed E-state index contributed by atoms with van der Waals surface area (Å²) < 4.78 is 26.2. The normalized spacial score (nSPS) is 14.4. The molecular formula is C24H29NO13S. The molecule has 1 aromatic carbocycles. The molecule has 0 aliphatic heterocycles. The van der Waals surface area contributed by atoms with Crippen molar-refractivity contribution in [2.75, 3.05) is 13.2 Å². The highest BCUT2D eigenvalue weighted by molar-refractivity contribution is 8.00. The van der Waals surface area contributed by atoms with Gasteiger partial charge in [-0.3, -0.25) is 38.9 Å². The van der Waals surface area contributed by atoms with Crippen molar-refractivity contribution < 1.29 is 57.4 Å². The van der Waals surface area contributed by atoms with Gasteiger partial charge in [-0.25, -0.2) is 0 Å². The monoisotopic (exact) mass is 571 g/mol. The maximum Gasteiger partial charge on any atom is 0.303 e. The fourth-order valence-corrected chi connectivity index (χ4v) is 4.69. The largest absolute Gasteiger partial charge is 0.462 e. The van der Waals surface area contributed by atoms with Crippen LogP contribution in [0.3, 0.4) is 0 Å². The molecule has 214 valence electrons. The number of hydrogen-bond donors (Lipinski definition) is 0. The molecule has 0 aliphatic carbocycles. The highest BCUT2D eigenvalue weighted by Crippen LogP contribution is 2.33. The molecule has 5 atom stereocenters. The second-order valence-electron chi connectivity index (χ2n) is 8.00. The van der Waals surface area contributed by atoms with Gasteiger partial charge in [0.2, 0.25) is 6.54 Å². The van der Waals surface area contributed by atoms with E-state index in [1.165, 1.54) is 12.1 Å². The number of hydrogen-bond acceptors (Lipinski definition) is 14. The van der Waals surface area contributed by atoms with Crippen molar-refractivity contribution >= 4 is 47.9 Å². The average Bonchev–Trinajstić information content (AvgIpc) is 2.81. The Morgan fingerprint density at radius 1 is 0.821 bits per heavy atom. The molecule has 0 N–H and O–H groups in total. The molecule has 39 heavy (non-hydrogen) atoms. The van der Waals surface area contributed by atoms with Crippen LogP contribution < -0.4 is 0 Å². The van der Waals surface area contributed by atoms with E-state index in [-0.39, 0.29) is 10.5 Å². The van der Waals surface area contributed by atoms with Crippen LogP contribution in [0.15, 0.2) is 29.2 Å². The van der Waals surface area contributed by atoms with Crippen LogP contribution in [0.2, 0.25) is 0 Å². The standard InChI is InChI=1S/C24H29NO13S/c1-13(27)34-12-19(35-14(2)28)22(36-15(3)29)24(38-17(5)31)23(37-16(4)30)21(10-25(32)33)39-20-9-7-6-8-18(20)11-26/h6-9,11,19,21-24H,10,12H2,1-5H3/t19-,21+,22-,23-,24+/m1/s1. The Morgan fingerprint density at radius 2 is 1.33 bits per heavy atom. The van der Waals surface area contributed by atoms with Crippen LogP contribution in [0.5, 0.6) is 0 Å². The van der Waals surface area contributed by atoms with E-state index >= 15 is 0 Å². The summed E-state index contributed by atoms with van der Waals surface area (Å²) in [5.74, 6) is -4.56. The Hall–Kier alpha value is -4.01. The zero-order chi connectivity index (χ0) is 29.7. The fraction of sp³-hybridized carbons (Fsp3) is 0.500. The van der Waals surface area contributed by atoms with Gasteiger partial charge in [0.25, 0.3) is 0 Å². The van der Waals surface area contributed by atoms with Crippen LogP contribution in [0, 0.1) is 10.1 Å². The SMILES string of the molecule is CC(=O)OC[C@@H](OC(C)=O)[C@@H](OC(C)=O)[C@H](OC(C)=O)[C@H](OC(C)=O)[C@H](C[N+](=O)[O-])Sc1ccccc1C=O. The fourth-order valence-electron chi connectivity index (χ4n) is 3.42. The van der Waals surface area contributed by atoms with Crippen molar-refractivity contribution in [3.8, 4) is 0 Å². The predicted molar refractivity (Wildman–Crippen MR) is 132 cm³/mol. The minimum atomic E-state index is -1.80. The van der Waals surface area contributed by atoms with Crippen LogP contribution in [-0.4, -0.2) is 83.9 Å². The molecule has 1 aromatic rings. The van der Waals surface area contributed by atoms with Crippen molar-refractivity contribution in [3.63, 3.8) is 0 Å². The van der Waals surface area contributed by atoms with Crippen molar-refractivity contribution in [3.05, 3.63) is 39.9 Å². The van der Waals surface area contributed by atoms with Gasteiger partial charge in [-0.15, -0.1) is 11.8 Å². The van der Waals surface area contributed by atoms with Gasteiger partial charge in [0, 0.05) is 50.0 Å². The molecule has 0 saturated carbocycles. The van der Waals surface area contributed by atoms with Gasteiger partial charge < -0.3 is 23.7 Å². The topological polar surface area (TPSA) is 192 Å². The Morgan fingerprint density at radius 3 is 1.82 bits per heavy atom. The average molecular weight is 572 g/mol. The van der Waals surface area contributed by atoms with Crippen LogP contribution in [0.25, 0.3) is 0 Å². The van der Waals surface area contributed by atoms with Gasteiger partial charge in [-0.2, -0.15) is 0 Å². The van der Waals surface area contributed by atoms with Crippen molar-refractivity contribution in [2.45, 2.75) is 69.2 Å². The summed E-state index contributed by atoms with van der Waals surface area (Å²) in [6.07, 6.45) is -6.30. The van der Waals surface area contributed by atoms with Crippen LogP contribution in [0.1, 0.15) is 45.0 Å². The third-order valence-corrected chi connectivity index (χ3v) is 6.05. The van der Waals surface area contributed by atoms with E-state index in [0.29, 0.717) is 6.29 Å². The lowest BCUT2D eigenvalue weighted by molar-refractivity contribution is -0.481.